The highest BCUT2D eigenvalue weighted by Crippen LogP contribution is 2.17. The molecule has 1 aromatic heterocycles. The van der Waals surface area contributed by atoms with Crippen LogP contribution >= 0.6 is 0 Å². The fourth-order valence-corrected chi connectivity index (χ4v) is 2.15. The quantitative estimate of drug-likeness (QED) is 0.773. The van der Waals surface area contributed by atoms with Crippen LogP contribution < -0.4 is 10.1 Å². The van der Waals surface area contributed by atoms with Crippen LogP contribution in [0, 0.1) is 5.92 Å². The average Bonchev–Trinajstić information content (AvgIpc) is 2.37. The van der Waals surface area contributed by atoms with Gasteiger partial charge in [-0.1, -0.05) is 6.07 Å². The van der Waals surface area contributed by atoms with Crippen LogP contribution in [0.3, 0.4) is 0 Å². The molecule has 0 spiro atoms. The third-order valence-corrected chi connectivity index (χ3v) is 3.10. The van der Waals surface area contributed by atoms with Crippen molar-refractivity contribution < 1.29 is 4.74 Å². The first-order valence-corrected chi connectivity index (χ1v) is 6.20. The summed E-state index contributed by atoms with van der Waals surface area (Å²) in [7, 11) is 0. The van der Waals surface area contributed by atoms with Crippen molar-refractivity contribution in [2.45, 2.75) is 25.7 Å². The first kappa shape index (κ1) is 11.4. The lowest BCUT2D eigenvalue weighted by molar-refractivity contribution is 0.266. The summed E-state index contributed by atoms with van der Waals surface area (Å²) in [5, 5.41) is 3.39. The molecular formula is C13H20N2O. The molecule has 2 heterocycles. The second kappa shape index (κ2) is 6.48. The van der Waals surface area contributed by atoms with Crippen LogP contribution in [-0.4, -0.2) is 24.7 Å². The predicted molar refractivity (Wildman–Crippen MR) is 64.6 cm³/mol. The van der Waals surface area contributed by atoms with Crippen LogP contribution in [0.5, 0.6) is 5.88 Å². The van der Waals surface area contributed by atoms with Crippen molar-refractivity contribution in [3.8, 4) is 5.88 Å². The van der Waals surface area contributed by atoms with Crippen molar-refractivity contribution in [2.75, 3.05) is 19.7 Å². The maximum Gasteiger partial charge on any atom is 0.213 e. The molecule has 1 saturated heterocycles. The van der Waals surface area contributed by atoms with Crippen molar-refractivity contribution in [2.24, 2.45) is 5.92 Å². The number of nitrogens with one attached hydrogen (secondary N) is 1. The minimum Gasteiger partial charge on any atom is -0.478 e. The van der Waals surface area contributed by atoms with Gasteiger partial charge >= 0.3 is 0 Å². The summed E-state index contributed by atoms with van der Waals surface area (Å²) in [6.45, 7) is 3.17. The van der Waals surface area contributed by atoms with Crippen molar-refractivity contribution in [1.29, 1.82) is 0 Å². The maximum absolute atomic E-state index is 5.57. The van der Waals surface area contributed by atoms with E-state index in [1.165, 1.54) is 32.4 Å². The standard InChI is InChI=1S/C13H20N2O/c1-2-8-15-13(5-1)16-11-3-4-12-6-9-14-10-7-12/h1-2,5,8,12,14H,3-4,6-7,9-11H2. The van der Waals surface area contributed by atoms with Gasteiger partial charge in [0.1, 0.15) is 0 Å². The second-order valence-electron chi connectivity index (χ2n) is 4.35. The van der Waals surface area contributed by atoms with Gasteiger partial charge in [0.15, 0.2) is 0 Å². The molecule has 0 amide bonds. The van der Waals surface area contributed by atoms with E-state index in [1.807, 2.05) is 18.2 Å². The molecule has 0 unspecified atom stereocenters. The van der Waals surface area contributed by atoms with Gasteiger partial charge in [-0.3, -0.25) is 0 Å². The van der Waals surface area contributed by atoms with Crippen molar-refractivity contribution in [3.63, 3.8) is 0 Å². The number of ether oxygens (including phenoxy) is 1. The largest absolute Gasteiger partial charge is 0.478 e. The Kier molecular flexibility index (Phi) is 4.62. The van der Waals surface area contributed by atoms with Crippen LogP contribution in [0.1, 0.15) is 25.7 Å². The van der Waals surface area contributed by atoms with E-state index in [4.69, 9.17) is 4.74 Å². The van der Waals surface area contributed by atoms with E-state index in [0.29, 0.717) is 0 Å². The Morgan fingerprint density at radius 2 is 2.19 bits per heavy atom. The molecular weight excluding hydrogens is 200 g/mol. The zero-order valence-electron chi connectivity index (χ0n) is 9.69. The van der Waals surface area contributed by atoms with Crippen molar-refractivity contribution >= 4 is 0 Å². The molecule has 0 aliphatic carbocycles. The summed E-state index contributed by atoms with van der Waals surface area (Å²) >= 11 is 0. The second-order valence-corrected chi connectivity index (χ2v) is 4.35. The molecule has 3 nitrogen and oxygen atoms in total. The Morgan fingerprint density at radius 3 is 2.94 bits per heavy atom. The van der Waals surface area contributed by atoms with E-state index in [0.717, 1.165) is 24.8 Å². The SMILES string of the molecule is c1ccc(OCCCC2CCNCC2)nc1. The fourth-order valence-electron chi connectivity index (χ4n) is 2.15. The van der Waals surface area contributed by atoms with E-state index in [-0.39, 0.29) is 0 Å². The molecule has 3 heteroatoms. The minimum atomic E-state index is 0.743. The van der Waals surface area contributed by atoms with E-state index < -0.39 is 0 Å². The summed E-state index contributed by atoms with van der Waals surface area (Å²) < 4.78 is 5.57. The molecule has 1 aliphatic rings. The van der Waals surface area contributed by atoms with E-state index in [1.54, 1.807) is 6.20 Å². The van der Waals surface area contributed by atoms with Crippen LogP contribution in [0.15, 0.2) is 24.4 Å². The lowest BCUT2D eigenvalue weighted by atomic mass is 9.93. The van der Waals surface area contributed by atoms with Crippen LogP contribution in [-0.2, 0) is 0 Å². The Labute approximate surface area is 97.2 Å². The summed E-state index contributed by atoms with van der Waals surface area (Å²) in [5.74, 6) is 1.64. The van der Waals surface area contributed by atoms with E-state index in [2.05, 4.69) is 10.3 Å². The molecule has 2 rings (SSSR count). The van der Waals surface area contributed by atoms with Gasteiger partial charge in [0.05, 0.1) is 6.61 Å². The molecule has 88 valence electrons. The fraction of sp³-hybridized carbons (Fsp3) is 0.615. The molecule has 0 bridgehead atoms. The van der Waals surface area contributed by atoms with Gasteiger partial charge in [0.25, 0.3) is 0 Å². The van der Waals surface area contributed by atoms with Gasteiger partial charge in [-0.05, 0) is 50.8 Å². The van der Waals surface area contributed by atoms with E-state index >= 15 is 0 Å². The summed E-state index contributed by atoms with van der Waals surface area (Å²) in [4.78, 5) is 4.13. The van der Waals surface area contributed by atoms with E-state index in [9.17, 15) is 0 Å². The highest BCUT2D eigenvalue weighted by molar-refractivity contribution is 5.08. The van der Waals surface area contributed by atoms with Gasteiger partial charge in [0, 0.05) is 12.3 Å². The summed E-state index contributed by atoms with van der Waals surface area (Å²) in [6.07, 6.45) is 6.84. The first-order chi connectivity index (χ1) is 7.95. The zero-order valence-corrected chi connectivity index (χ0v) is 9.69. The number of piperidine rings is 1. The van der Waals surface area contributed by atoms with Crippen molar-refractivity contribution in [3.05, 3.63) is 24.4 Å². The highest BCUT2D eigenvalue weighted by atomic mass is 16.5. The first-order valence-electron chi connectivity index (χ1n) is 6.20. The molecule has 16 heavy (non-hydrogen) atoms. The lowest BCUT2D eigenvalue weighted by Crippen LogP contribution is -2.27. The minimum absolute atomic E-state index is 0.743. The van der Waals surface area contributed by atoms with Crippen LogP contribution in [0.2, 0.25) is 0 Å². The molecule has 1 aliphatic heterocycles. The Balaban J connectivity index is 1.58. The lowest BCUT2D eigenvalue weighted by Gasteiger charge is -2.22. The molecule has 0 atom stereocenters. The Bertz CT molecular complexity index is 283. The Morgan fingerprint density at radius 1 is 1.31 bits per heavy atom. The van der Waals surface area contributed by atoms with Gasteiger partial charge in [-0.2, -0.15) is 0 Å². The number of hydrogen-bond donors (Lipinski definition) is 1. The third kappa shape index (κ3) is 3.81. The smallest absolute Gasteiger partial charge is 0.213 e. The number of pyridine rings is 1. The van der Waals surface area contributed by atoms with Gasteiger partial charge < -0.3 is 10.1 Å². The van der Waals surface area contributed by atoms with Crippen molar-refractivity contribution in [1.82, 2.24) is 10.3 Å². The predicted octanol–water partition coefficient (Wildman–Crippen LogP) is 2.24. The number of nitrogens with zero attached hydrogens (tertiary/aromatic N) is 1. The topological polar surface area (TPSA) is 34.1 Å². The highest BCUT2D eigenvalue weighted by Gasteiger charge is 2.12. The number of rotatable bonds is 5. The molecule has 0 radical (unpaired) electrons. The number of hydrogen-bond acceptors (Lipinski definition) is 3. The summed E-state index contributed by atoms with van der Waals surface area (Å²) in [6, 6.07) is 5.77. The Hall–Kier alpha value is -1.09. The van der Waals surface area contributed by atoms with Crippen LogP contribution in [0.25, 0.3) is 0 Å². The van der Waals surface area contributed by atoms with Gasteiger partial charge in [-0.15, -0.1) is 0 Å². The van der Waals surface area contributed by atoms with Gasteiger partial charge in [0.2, 0.25) is 5.88 Å². The molecule has 1 fully saturated rings. The maximum atomic E-state index is 5.57. The molecule has 1 aromatic rings. The molecule has 0 saturated carbocycles. The van der Waals surface area contributed by atoms with Gasteiger partial charge in [-0.25, -0.2) is 4.98 Å². The molecule has 1 N–H and O–H groups in total. The number of aromatic nitrogens is 1. The monoisotopic (exact) mass is 220 g/mol. The normalized spacial score (nSPS) is 17.2. The average molecular weight is 220 g/mol. The third-order valence-electron chi connectivity index (χ3n) is 3.10. The van der Waals surface area contributed by atoms with Crippen LogP contribution in [0.4, 0.5) is 0 Å². The molecule has 0 aromatic carbocycles. The zero-order chi connectivity index (χ0) is 11.1. The summed E-state index contributed by atoms with van der Waals surface area (Å²) in [5.41, 5.74) is 0.